The second-order valence-electron chi connectivity index (χ2n) is 6.18. The lowest BCUT2D eigenvalue weighted by Gasteiger charge is -2.09. The third-order valence-corrected chi connectivity index (χ3v) is 4.36. The van der Waals surface area contributed by atoms with E-state index in [0.717, 1.165) is 33.2 Å². The Morgan fingerprint density at radius 1 is 0.852 bits per heavy atom. The normalized spacial score (nSPS) is 11.0. The Hall–Kier alpha value is -3.93. The van der Waals surface area contributed by atoms with Crippen LogP contribution in [0, 0.1) is 0 Å². The van der Waals surface area contributed by atoms with Crippen LogP contribution in [0.1, 0.15) is 0 Å². The van der Waals surface area contributed by atoms with Gasteiger partial charge >= 0.3 is 0 Å². The van der Waals surface area contributed by atoms with Gasteiger partial charge in [0.05, 0.1) is 23.1 Å². The molecule has 0 amide bonds. The molecule has 3 heterocycles. The summed E-state index contributed by atoms with van der Waals surface area (Å²) in [5, 5.41) is 8.76. The molecule has 6 nitrogen and oxygen atoms in total. The molecule has 0 radical (unpaired) electrons. The van der Waals surface area contributed by atoms with Crippen molar-refractivity contribution in [1.82, 2.24) is 19.9 Å². The Labute approximate surface area is 155 Å². The second kappa shape index (κ2) is 6.42. The SMILES string of the molecule is c1ccc2ncc(Nc3ccnc(Nc4cccc5[nH]ccc45)n3)cc2c1. The highest BCUT2D eigenvalue weighted by molar-refractivity contribution is 5.93. The number of para-hydroxylation sites is 1. The number of anilines is 4. The summed E-state index contributed by atoms with van der Waals surface area (Å²) in [6.07, 6.45) is 5.45. The fourth-order valence-corrected chi connectivity index (χ4v) is 3.09. The highest BCUT2D eigenvalue weighted by Gasteiger charge is 2.05. The molecule has 5 rings (SSSR count). The molecule has 6 heteroatoms. The van der Waals surface area contributed by atoms with Gasteiger partial charge in [0, 0.05) is 28.7 Å². The van der Waals surface area contributed by atoms with E-state index in [1.807, 2.05) is 60.8 Å². The van der Waals surface area contributed by atoms with Crippen LogP contribution in [-0.4, -0.2) is 19.9 Å². The van der Waals surface area contributed by atoms with E-state index in [4.69, 9.17) is 0 Å². The Balaban J connectivity index is 1.42. The molecule has 0 aliphatic heterocycles. The number of benzene rings is 2. The van der Waals surface area contributed by atoms with Crippen LogP contribution >= 0.6 is 0 Å². The number of hydrogen-bond donors (Lipinski definition) is 3. The summed E-state index contributed by atoms with van der Waals surface area (Å²) in [6.45, 7) is 0. The summed E-state index contributed by atoms with van der Waals surface area (Å²) in [5.41, 5.74) is 3.87. The number of pyridine rings is 1. The molecule has 2 aromatic carbocycles. The standard InChI is InChI=1S/C21H16N6/c1-2-5-17-14(4-1)12-15(13-24-17)25-20-9-11-23-21(27-20)26-19-7-3-6-18-16(19)8-10-22-18/h1-13,22H,(H2,23,25,26,27). The van der Waals surface area contributed by atoms with Crippen molar-refractivity contribution in [1.29, 1.82) is 0 Å². The fraction of sp³-hybridized carbons (Fsp3) is 0. The smallest absolute Gasteiger partial charge is 0.229 e. The van der Waals surface area contributed by atoms with Crippen molar-refractivity contribution in [3.63, 3.8) is 0 Å². The fourth-order valence-electron chi connectivity index (χ4n) is 3.09. The first-order valence-corrected chi connectivity index (χ1v) is 8.63. The van der Waals surface area contributed by atoms with Crippen molar-refractivity contribution in [3.05, 3.63) is 79.3 Å². The molecule has 130 valence electrons. The maximum Gasteiger partial charge on any atom is 0.229 e. The van der Waals surface area contributed by atoms with Gasteiger partial charge in [-0.1, -0.05) is 24.3 Å². The lowest BCUT2D eigenvalue weighted by molar-refractivity contribution is 1.17. The lowest BCUT2D eigenvalue weighted by atomic mass is 10.2. The zero-order chi connectivity index (χ0) is 18.1. The van der Waals surface area contributed by atoms with Gasteiger partial charge in [-0.15, -0.1) is 0 Å². The van der Waals surface area contributed by atoms with Crippen molar-refractivity contribution >= 4 is 44.9 Å². The Morgan fingerprint density at radius 2 is 1.81 bits per heavy atom. The second-order valence-corrected chi connectivity index (χ2v) is 6.18. The minimum absolute atomic E-state index is 0.530. The monoisotopic (exact) mass is 352 g/mol. The summed E-state index contributed by atoms with van der Waals surface area (Å²) in [6, 6.07) is 20.0. The summed E-state index contributed by atoms with van der Waals surface area (Å²) in [5.74, 6) is 1.23. The van der Waals surface area contributed by atoms with Gasteiger partial charge in [0.25, 0.3) is 0 Å². The highest BCUT2D eigenvalue weighted by atomic mass is 15.1. The Bertz CT molecular complexity index is 1240. The quantitative estimate of drug-likeness (QED) is 0.424. The molecule has 3 aromatic heterocycles. The van der Waals surface area contributed by atoms with Crippen molar-refractivity contribution in [3.8, 4) is 0 Å². The van der Waals surface area contributed by atoms with Crippen LogP contribution in [0.5, 0.6) is 0 Å². The van der Waals surface area contributed by atoms with E-state index in [2.05, 4.69) is 36.6 Å². The van der Waals surface area contributed by atoms with Crippen LogP contribution in [0.4, 0.5) is 23.1 Å². The number of aromatic amines is 1. The van der Waals surface area contributed by atoms with Gasteiger partial charge in [0.2, 0.25) is 5.95 Å². The van der Waals surface area contributed by atoms with Crippen molar-refractivity contribution < 1.29 is 0 Å². The average Bonchev–Trinajstić information content (AvgIpc) is 3.18. The first-order chi connectivity index (χ1) is 13.3. The van der Waals surface area contributed by atoms with Gasteiger partial charge in [-0.25, -0.2) is 4.98 Å². The lowest BCUT2D eigenvalue weighted by Crippen LogP contribution is -2.00. The number of rotatable bonds is 4. The molecule has 0 saturated heterocycles. The third kappa shape index (κ3) is 3.04. The van der Waals surface area contributed by atoms with Crippen LogP contribution in [0.3, 0.4) is 0 Å². The zero-order valence-electron chi connectivity index (χ0n) is 14.3. The Morgan fingerprint density at radius 3 is 2.81 bits per heavy atom. The Kier molecular flexibility index (Phi) is 3.65. The molecule has 0 aliphatic rings. The number of H-pyrrole nitrogens is 1. The van der Waals surface area contributed by atoms with Gasteiger partial charge < -0.3 is 15.6 Å². The summed E-state index contributed by atoms with van der Waals surface area (Å²) >= 11 is 0. The van der Waals surface area contributed by atoms with Gasteiger partial charge in [0.15, 0.2) is 0 Å². The van der Waals surface area contributed by atoms with Crippen molar-refractivity contribution in [2.75, 3.05) is 10.6 Å². The number of aromatic nitrogens is 4. The number of nitrogens with zero attached hydrogens (tertiary/aromatic N) is 3. The van der Waals surface area contributed by atoms with E-state index in [-0.39, 0.29) is 0 Å². The molecular weight excluding hydrogens is 336 g/mol. The van der Waals surface area contributed by atoms with E-state index in [0.29, 0.717) is 11.8 Å². The average molecular weight is 352 g/mol. The summed E-state index contributed by atoms with van der Waals surface area (Å²) < 4.78 is 0. The van der Waals surface area contributed by atoms with Crippen LogP contribution in [0.15, 0.2) is 79.3 Å². The number of fused-ring (bicyclic) bond motifs is 2. The molecule has 0 unspecified atom stereocenters. The predicted molar refractivity (Wildman–Crippen MR) is 109 cm³/mol. The molecule has 3 N–H and O–H groups in total. The molecule has 0 bridgehead atoms. The molecule has 5 aromatic rings. The summed E-state index contributed by atoms with van der Waals surface area (Å²) in [4.78, 5) is 16.6. The van der Waals surface area contributed by atoms with Crippen molar-refractivity contribution in [2.24, 2.45) is 0 Å². The molecule has 0 saturated carbocycles. The van der Waals surface area contributed by atoms with E-state index in [1.54, 1.807) is 12.4 Å². The first kappa shape index (κ1) is 15.3. The van der Waals surface area contributed by atoms with Crippen molar-refractivity contribution in [2.45, 2.75) is 0 Å². The molecular formula is C21H16N6. The van der Waals surface area contributed by atoms with E-state index < -0.39 is 0 Å². The van der Waals surface area contributed by atoms with Crippen LogP contribution in [-0.2, 0) is 0 Å². The van der Waals surface area contributed by atoms with Crippen LogP contribution in [0.2, 0.25) is 0 Å². The van der Waals surface area contributed by atoms with Crippen LogP contribution in [0.25, 0.3) is 21.8 Å². The number of nitrogens with one attached hydrogen (secondary N) is 3. The minimum Gasteiger partial charge on any atom is -0.361 e. The number of hydrogen-bond acceptors (Lipinski definition) is 5. The van der Waals surface area contributed by atoms with Gasteiger partial charge in [-0.2, -0.15) is 4.98 Å². The maximum atomic E-state index is 4.56. The highest BCUT2D eigenvalue weighted by Crippen LogP contribution is 2.25. The largest absolute Gasteiger partial charge is 0.361 e. The van der Waals surface area contributed by atoms with Gasteiger partial charge in [-0.3, -0.25) is 4.98 Å². The molecule has 0 atom stereocenters. The zero-order valence-corrected chi connectivity index (χ0v) is 14.3. The third-order valence-electron chi connectivity index (χ3n) is 4.36. The molecule has 0 spiro atoms. The topological polar surface area (TPSA) is 78.5 Å². The molecule has 27 heavy (non-hydrogen) atoms. The minimum atomic E-state index is 0.530. The summed E-state index contributed by atoms with van der Waals surface area (Å²) in [7, 11) is 0. The van der Waals surface area contributed by atoms with E-state index in [1.165, 1.54) is 0 Å². The van der Waals surface area contributed by atoms with Crippen LogP contribution < -0.4 is 10.6 Å². The predicted octanol–water partition coefficient (Wildman–Crippen LogP) is 4.99. The van der Waals surface area contributed by atoms with E-state index >= 15 is 0 Å². The molecule has 0 aliphatic carbocycles. The first-order valence-electron chi connectivity index (χ1n) is 8.63. The maximum absolute atomic E-state index is 4.56. The van der Waals surface area contributed by atoms with E-state index in [9.17, 15) is 0 Å². The van der Waals surface area contributed by atoms with Gasteiger partial charge in [-0.05, 0) is 36.4 Å². The molecule has 0 fully saturated rings. The van der Waals surface area contributed by atoms with Gasteiger partial charge in [0.1, 0.15) is 5.82 Å².